The Labute approximate surface area is 107 Å². The molecule has 94 valence electrons. The predicted molar refractivity (Wildman–Crippen MR) is 74.4 cm³/mol. The zero-order valence-corrected chi connectivity index (χ0v) is 10.7. The minimum Gasteiger partial charge on any atom is -0.348 e. The van der Waals surface area contributed by atoms with E-state index in [1.165, 1.54) is 10.8 Å². The number of fused-ring (bicyclic) bond motifs is 1. The van der Waals surface area contributed by atoms with Crippen LogP contribution >= 0.6 is 0 Å². The maximum Gasteiger partial charge on any atom is 0.234 e. The second-order valence-electron chi connectivity index (χ2n) is 4.43. The highest BCUT2D eigenvalue weighted by Gasteiger charge is 2.08. The van der Waals surface area contributed by atoms with Gasteiger partial charge in [-0.1, -0.05) is 36.4 Å². The van der Waals surface area contributed by atoms with Crippen LogP contribution in [-0.2, 0) is 4.79 Å². The zero-order chi connectivity index (χ0) is 13.0. The van der Waals surface area contributed by atoms with E-state index in [0.717, 1.165) is 5.56 Å². The molecular formula is C15H18N2O. The predicted octanol–water partition coefficient (Wildman–Crippen LogP) is 2.24. The third-order valence-electron chi connectivity index (χ3n) is 2.99. The van der Waals surface area contributed by atoms with Crippen molar-refractivity contribution in [1.29, 1.82) is 0 Å². The van der Waals surface area contributed by atoms with E-state index in [1.54, 1.807) is 7.05 Å². The molecule has 1 amide bonds. The minimum atomic E-state index is 0.0122. The fourth-order valence-electron chi connectivity index (χ4n) is 2.01. The number of benzene rings is 2. The first-order valence-corrected chi connectivity index (χ1v) is 6.13. The highest BCUT2D eigenvalue weighted by atomic mass is 16.1. The lowest BCUT2D eigenvalue weighted by molar-refractivity contribution is -0.120. The number of amides is 1. The Morgan fingerprint density at radius 1 is 1.17 bits per heavy atom. The van der Waals surface area contributed by atoms with Gasteiger partial charge in [0.1, 0.15) is 0 Å². The quantitative estimate of drug-likeness (QED) is 0.863. The van der Waals surface area contributed by atoms with Crippen molar-refractivity contribution < 1.29 is 4.79 Å². The van der Waals surface area contributed by atoms with Gasteiger partial charge in [-0.3, -0.25) is 4.79 Å². The van der Waals surface area contributed by atoms with E-state index in [0.29, 0.717) is 6.54 Å². The Kier molecular flexibility index (Phi) is 3.95. The largest absolute Gasteiger partial charge is 0.348 e. The van der Waals surface area contributed by atoms with Gasteiger partial charge in [-0.25, -0.2) is 0 Å². The van der Waals surface area contributed by atoms with E-state index >= 15 is 0 Å². The zero-order valence-electron chi connectivity index (χ0n) is 10.7. The van der Waals surface area contributed by atoms with Gasteiger partial charge in [0.25, 0.3) is 0 Å². The third kappa shape index (κ3) is 2.87. The van der Waals surface area contributed by atoms with Gasteiger partial charge in [0.15, 0.2) is 0 Å². The molecule has 2 aromatic rings. The van der Waals surface area contributed by atoms with E-state index in [2.05, 4.69) is 41.0 Å². The maximum atomic E-state index is 11.5. The molecular weight excluding hydrogens is 224 g/mol. The maximum absolute atomic E-state index is 11.5. The lowest BCUT2D eigenvalue weighted by Gasteiger charge is -2.15. The lowest BCUT2D eigenvalue weighted by Crippen LogP contribution is -2.33. The van der Waals surface area contributed by atoms with Gasteiger partial charge in [-0.15, -0.1) is 0 Å². The van der Waals surface area contributed by atoms with Crippen molar-refractivity contribution in [2.24, 2.45) is 0 Å². The molecule has 0 radical (unpaired) electrons. The van der Waals surface area contributed by atoms with Gasteiger partial charge >= 0.3 is 0 Å². The SMILES string of the molecule is CNCC(=O)NC(C)c1ccc2ccccc2c1. The highest BCUT2D eigenvalue weighted by molar-refractivity contribution is 5.83. The topological polar surface area (TPSA) is 41.1 Å². The lowest BCUT2D eigenvalue weighted by atomic mass is 10.0. The summed E-state index contributed by atoms with van der Waals surface area (Å²) in [5, 5.41) is 8.22. The second kappa shape index (κ2) is 5.65. The molecule has 18 heavy (non-hydrogen) atoms. The molecule has 0 aliphatic heterocycles. The summed E-state index contributed by atoms with van der Waals surface area (Å²) in [6, 6.07) is 14.5. The summed E-state index contributed by atoms with van der Waals surface area (Å²) in [5.41, 5.74) is 1.12. The van der Waals surface area contributed by atoms with Crippen LogP contribution in [0.4, 0.5) is 0 Å². The molecule has 0 heterocycles. The van der Waals surface area contributed by atoms with Crippen LogP contribution in [0.2, 0.25) is 0 Å². The van der Waals surface area contributed by atoms with Gasteiger partial charge in [-0.2, -0.15) is 0 Å². The van der Waals surface area contributed by atoms with E-state index < -0.39 is 0 Å². The Balaban J connectivity index is 2.17. The van der Waals surface area contributed by atoms with Crippen molar-refractivity contribution >= 4 is 16.7 Å². The minimum absolute atomic E-state index is 0.0122. The second-order valence-corrected chi connectivity index (χ2v) is 4.43. The number of rotatable bonds is 4. The van der Waals surface area contributed by atoms with Crippen molar-refractivity contribution in [2.45, 2.75) is 13.0 Å². The molecule has 2 rings (SSSR count). The van der Waals surface area contributed by atoms with E-state index in [9.17, 15) is 4.79 Å². The Hall–Kier alpha value is -1.87. The number of carbonyl (C=O) groups is 1. The average Bonchev–Trinajstić information content (AvgIpc) is 2.38. The van der Waals surface area contributed by atoms with Crippen LogP contribution in [-0.4, -0.2) is 19.5 Å². The van der Waals surface area contributed by atoms with Gasteiger partial charge < -0.3 is 10.6 Å². The van der Waals surface area contributed by atoms with Crippen molar-refractivity contribution in [2.75, 3.05) is 13.6 Å². The Morgan fingerprint density at radius 3 is 2.61 bits per heavy atom. The normalized spacial score (nSPS) is 12.3. The number of likely N-dealkylation sites (N-methyl/N-ethyl adjacent to an activating group) is 1. The Morgan fingerprint density at radius 2 is 1.89 bits per heavy atom. The van der Waals surface area contributed by atoms with Gasteiger partial charge in [0.05, 0.1) is 12.6 Å². The van der Waals surface area contributed by atoms with Crippen LogP contribution in [0.25, 0.3) is 10.8 Å². The van der Waals surface area contributed by atoms with Crippen LogP contribution in [0.5, 0.6) is 0 Å². The molecule has 0 aliphatic carbocycles. The summed E-state index contributed by atoms with van der Waals surface area (Å²) in [6.07, 6.45) is 0. The molecule has 1 unspecified atom stereocenters. The molecule has 0 spiro atoms. The fourth-order valence-corrected chi connectivity index (χ4v) is 2.01. The first-order chi connectivity index (χ1) is 8.70. The highest BCUT2D eigenvalue weighted by Crippen LogP contribution is 2.20. The molecule has 0 aromatic heterocycles. The molecule has 0 fully saturated rings. The summed E-state index contributed by atoms with van der Waals surface area (Å²) in [7, 11) is 1.76. The first-order valence-electron chi connectivity index (χ1n) is 6.13. The molecule has 0 saturated heterocycles. The van der Waals surface area contributed by atoms with Crippen LogP contribution in [0, 0.1) is 0 Å². The smallest absolute Gasteiger partial charge is 0.234 e. The van der Waals surface area contributed by atoms with Crippen LogP contribution in [0.1, 0.15) is 18.5 Å². The van der Waals surface area contributed by atoms with Gasteiger partial charge in [0, 0.05) is 0 Å². The van der Waals surface area contributed by atoms with Gasteiger partial charge in [-0.05, 0) is 36.4 Å². The third-order valence-corrected chi connectivity index (χ3v) is 2.99. The number of nitrogens with one attached hydrogen (secondary N) is 2. The molecule has 1 atom stereocenters. The standard InChI is InChI=1S/C15H18N2O/c1-11(17-15(18)10-16-2)13-8-7-12-5-3-4-6-14(12)9-13/h3-9,11,16H,10H2,1-2H3,(H,17,18). The molecule has 3 nitrogen and oxygen atoms in total. The molecule has 0 saturated carbocycles. The van der Waals surface area contributed by atoms with Crippen molar-refractivity contribution in [3.63, 3.8) is 0 Å². The summed E-state index contributed by atoms with van der Waals surface area (Å²) in [4.78, 5) is 11.5. The first kappa shape index (κ1) is 12.6. The van der Waals surface area contributed by atoms with E-state index in [4.69, 9.17) is 0 Å². The van der Waals surface area contributed by atoms with Gasteiger partial charge in [0.2, 0.25) is 5.91 Å². The van der Waals surface area contributed by atoms with Crippen molar-refractivity contribution in [1.82, 2.24) is 10.6 Å². The summed E-state index contributed by atoms with van der Waals surface area (Å²) < 4.78 is 0. The molecule has 2 N–H and O–H groups in total. The fraction of sp³-hybridized carbons (Fsp3) is 0.267. The molecule has 3 heteroatoms. The number of hydrogen-bond donors (Lipinski definition) is 2. The van der Waals surface area contributed by atoms with Crippen LogP contribution in [0.3, 0.4) is 0 Å². The van der Waals surface area contributed by atoms with Crippen LogP contribution in [0.15, 0.2) is 42.5 Å². The van der Waals surface area contributed by atoms with Crippen molar-refractivity contribution in [3.05, 3.63) is 48.0 Å². The Bertz CT molecular complexity index is 551. The average molecular weight is 242 g/mol. The number of carbonyl (C=O) groups excluding carboxylic acids is 1. The van der Waals surface area contributed by atoms with E-state index in [-0.39, 0.29) is 11.9 Å². The summed E-state index contributed by atoms with van der Waals surface area (Å²) in [6.45, 7) is 2.34. The number of hydrogen-bond acceptors (Lipinski definition) is 2. The van der Waals surface area contributed by atoms with E-state index in [1.807, 2.05) is 19.1 Å². The summed E-state index contributed by atoms with van der Waals surface area (Å²) >= 11 is 0. The van der Waals surface area contributed by atoms with Crippen molar-refractivity contribution in [3.8, 4) is 0 Å². The van der Waals surface area contributed by atoms with Crippen LogP contribution < -0.4 is 10.6 Å². The summed E-state index contributed by atoms with van der Waals surface area (Å²) in [5.74, 6) is 0.0122. The monoisotopic (exact) mass is 242 g/mol. The molecule has 0 bridgehead atoms. The molecule has 2 aromatic carbocycles. The molecule has 0 aliphatic rings.